The summed E-state index contributed by atoms with van der Waals surface area (Å²) in [5.74, 6) is 1.03. The molecule has 3 rings (SSSR count). The average Bonchev–Trinajstić information content (AvgIpc) is 2.92. The minimum atomic E-state index is 0.173. The van der Waals surface area contributed by atoms with Gasteiger partial charge < -0.3 is 9.64 Å². The largest absolute Gasteiger partial charge is 0.497 e. The van der Waals surface area contributed by atoms with E-state index >= 15 is 0 Å². The number of hydrogen-bond donors (Lipinski definition) is 0. The summed E-state index contributed by atoms with van der Waals surface area (Å²) in [7, 11) is 1.67. The predicted molar refractivity (Wildman–Crippen MR) is 96.3 cm³/mol. The molecule has 1 amide bonds. The van der Waals surface area contributed by atoms with Gasteiger partial charge in [0, 0.05) is 50.6 Å². The van der Waals surface area contributed by atoms with Crippen molar-refractivity contribution < 1.29 is 9.53 Å². The number of hydrogen-bond acceptors (Lipinski definition) is 5. The maximum atomic E-state index is 11.5. The molecule has 0 unspecified atom stereocenters. The Labute approximate surface area is 146 Å². The zero-order valence-corrected chi connectivity index (χ0v) is 15.0. The first kappa shape index (κ1) is 16.9. The molecule has 1 aliphatic heterocycles. The van der Waals surface area contributed by atoms with Gasteiger partial charge in [-0.05, 0) is 30.7 Å². The Morgan fingerprint density at radius 2 is 2.00 bits per heavy atom. The summed E-state index contributed by atoms with van der Waals surface area (Å²) >= 11 is 1.67. The number of amides is 1. The molecule has 0 atom stereocenters. The summed E-state index contributed by atoms with van der Waals surface area (Å²) in [6.45, 7) is 6.09. The van der Waals surface area contributed by atoms with Gasteiger partial charge in [0.25, 0.3) is 0 Å². The van der Waals surface area contributed by atoms with Crippen LogP contribution in [0.25, 0.3) is 10.6 Å². The van der Waals surface area contributed by atoms with Crippen LogP contribution in [0.4, 0.5) is 0 Å². The number of ether oxygens (including phenoxy) is 1. The van der Waals surface area contributed by atoms with E-state index in [1.807, 2.05) is 29.2 Å². The first-order valence-corrected chi connectivity index (χ1v) is 9.10. The van der Waals surface area contributed by atoms with Gasteiger partial charge in [-0.3, -0.25) is 9.69 Å². The molecular formula is C18H23N3O2S. The molecule has 2 heterocycles. The van der Waals surface area contributed by atoms with Gasteiger partial charge in [0.1, 0.15) is 10.8 Å². The highest BCUT2D eigenvalue weighted by molar-refractivity contribution is 7.13. The van der Waals surface area contributed by atoms with Gasteiger partial charge in [0.15, 0.2) is 0 Å². The Bertz CT molecular complexity index is 684. The maximum absolute atomic E-state index is 11.5. The van der Waals surface area contributed by atoms with Crippen molar-refractivity contribution in [3.8, 4) is 16.3 Å². The third-order valence-electron chi connectivity index (χ3n) is 4.31. The van der Waals surface area contributed by atoms with Crippen molar-refractivity contribution in [2.75, 3.05) is 33.3 Å². The lowest BCUT2D eigenvalue weighted by molar-refractivity contribution is -0.128. The lowest BCUT2D eigenvalue weighted by atomic mass is 10.2. The molecule has 0 aliphatic carbocycles. The van der Waals surface area contributed by atoms with E-state index in [9.17, 15) is 4.79 Å². The fourth-order valence-corrected chi connectivity index (χ4v) is 3.74. The van der Waals surface area contributed by atoms with Crippen LogP contribution in [0.2, 0.25) is 0 Å². The lowest BCUT2D eigenvalue weighted by Crippen LogP contribution is -2.33. The molecule has 1 saturated heterocycles. The molecule has 0 radical (unpaired) electrons. The summed E-state index contributed by atoms with van der Waals surface area (Å²) in [5.41, 5.74) is 2.22. The van der Waals surface area contributed by atoms with Crippen LogP contribution in [0.1, 0.15) is 19.0 Å². The van der Waals surface area contributed by atoms with E-state index in [-0.39, 0.29) is 5.91 Å². The number of carbonyl (C=O) groups is 1. The summed E-state index contributed by atoms with van der Waals surface area (Å²) in [6, 6.07) is 8.00. The molecule has 0 saturated carbocycles. The lowest BCUT2D eigenvalue weighted by Gasteiger charge is -2.20. The smallest absolute Gasteiger partial charge is 0.219 e. The first-order chi connectivity index (χ1) is 11.7. The highest BCUT2D eigenvalue weighted by atomic mass is 32.1. The van der Waals surface area contributed by atoms with E-state index in [0.29, 0.717) is 0 Å². The zero-order chi connectivity index (χ0) is 16.9. The van der Waals surface area contributed by atoms with Gasteiger partial charge in [0.2, 0.25) is 5.91 Å². The highest BCUT2D eigenvalue weighted by Crippen LogP contribution is 2.26. The van der Waals surface area contributed by atoms with Crippen LogP contribution in [0.3, 0.4) is 0 Å². The van der Waals surface area contributed by atoms with E-state index in [1.54, 1.807) is 25.4 Å². The quantitative estimate of drug-likeness (QED) is 0.855. The number of methoxy groups -OCH3 is 1. The van der Waals surface area contributed by atoms with E-state index in [1.165, 1.54) is 0 Å². The van der Waals surface area contributed by atoms with Crippen molar-refractivity contribution in [2.24, 2.45) is 0 Å². The molecule has 1 aromatic carbocycles. The third-order valence-corrected chi connectivity index (χ3v) is 5.25. The van der Waals surface area contributed by atoms with E-state index < -0.39 is 0 Å². The van der Waals surface area contributed by atoms with Crippen LogP contribution in [0.5, 0.6) is 5.75 Å². The molecule has 6 heteroatoms. The first-order valence-electron chi connectivity index (χ1n) is 8.22. The Balaban J connectivity index is 1.62. The number of aromatic nitrogens is 1. The average molecular weight is 345 g/mol. The standard InChI is InChI=1S/C18H23N3O2S/c1-14(22)21-9-3-8-20(10-11-21)12-16-13-24-18(19-16)15-4-6-17(23-2)7-5-15/h4-7,13H,3,8-12H2,1-2H3. The topological polar surface area (TPSA) is 45.7 Å². The molecule has 0 N–H and O–H groups in total. The van der Waals surface area contributed by atoms with Crippen molar-refractivity contribution in [1.82, 2.24) is 14.8 Å². The van der Waals surface area contributed by atoms with Gasteiger partial charge in [-0.25, -0.2) is 4.98 Å². The number of carbonyl (C=O) groups excluding carboxylic acids is 1. The van der Waals surface area contributed by atoms with Crippen molar-refractivity contribution in [1.29, 1.82) is 0 Å². The molecule has 1 fully saturated rings. The van der Waals surface area contributed by atoms with Crippen LogP contribution < -0.4 is 4.74 Å². The van der Waals surface area contributed by atoms with Gasteiger partial charge in [-0.15, -0.1) is 11.3 Å². The highest BCUT2D eigenvalue weighted by Gasteiger charge is 2.17. The third kappa shape index (κ3) is 4.13. The molecule has 24 heavy (non-hydrogen) atoms. The van der Waals surface area contributed by atoms with Crippen LogP contribution in [0.15, 0.2) is 29.6 Å². The predicted octanol–water partition coefficient (Wildman–Crippen LogP) is 2.87. The molecular weight excluding hydrogens is 322 g/mol. The second-order valence-corrected chi connectivity index (χ2v) is 6.87. The monoisotopic (exact) mass is 345 g/mol. The molecule has 5 nitrogen and oxygen atoms in total. The van der Waals surface area contributed by atoms with Crippen LogP contribution >= 0.6 is 11.3 Å². The van der Waals surface area contributed by atoms with E-state index in [0.717, 1.165) is 61.2 Å². The summed E-state index contributed by atoms with van der Waals surface area (Å²) in [6.07, 6.45) is 1.02. The Morgan fingerprint density at radius 1 is 1.21 bits per heavy atom. The van der Waals surface area contributed by atoms with Crippen molar-refractivity contribution in [3.05, 3.63) is 35.3 Å². The van der Waals surface area contributed by atoms with E-state index in [4.69, 9.17) is 9.72 Å². The van der Waals surface area contributed by atoms with Crippen LogP contribution in [0, 0.1) is 0 Å². The molecule has 2 aromatic rings. The number of thiazole rings is 1. The number of nitrogens with zero attached hydrogens (tertiary/aromatic N) is 3. The van der Waals surface area contributed by atoms with Crippen molar-refractivity contribution in [2.45, 2.75) is 19.9 Å². The van der Waals surface area contributed by atoms with Crippen molar-refractivity contribution in [3.63, 3.8) is 0 Å². The minimum absolute atomic E-state index is 0.173. The molecule has 128 valence electrons. The summed E-state index contributed by atoms with van der Waals surface area (Å²) < 4.78 is 5.20. The van der Waals surface area contributed by atoms with Gasteiger partial charge in [0.05, 0.1) is 12.8 Å². The van der Waals surface area contributed by atoms with Crippen LogP contribution in [-0.2, 0) is 11.3 Å². The zero-order valence-electron chi connectivity index (χ0n) is 14.2. The number of benzene rings is 1. The van der Waals surface area contributed by atoms with Crippen LogP contribution in [-0.4, -0.2) is 54.0 Å². The second-order valence-electron chi connectivity index (χ2n) is 6.01. The maximum Gasteiger partial charge on any atom is 0.219 e. The Kier molecular flexibility index (Phi) is 5.48. The van der Waals surface area contributed by atoms with Gasteiger partial charge in [-0.2, -0.15) is 0 Å². The fraction of sp³-hybridized carbons (Fsp3) is 0.444. The summed E-state index contributed by atoms with van der Waals surface area (Å²) in [4.78, 5) is 20.6. The number of rotatable bonds is 4. The van der Waals surface area contributed by atoms with Crippen molar-refractivity contribution >= 4 is 17.2 Å². The second kappa shape index (κ2) is 7.77. The Hall–Kier alpha value is -1.92. The normalized spacial score (nSPS) is 16.0. The van der Waals surface area contributed by atoms with Gasteiger partial charge >= 0.3 is 0 Å². The van der Waals surface area contributed by atoms with E-state index in [2.05, 4.69) is 10.3 Å². The van der Waals surface area contributed by atoms with Gasteiger partial charge in [-0.1, -0.05) is 0 Å². The Morgan fingerprint density at radius 3 is 2.71 bits per heavy atom. The minimum Gasteiger partial charge on any atom is -0.497 e. The SMILES string of the molecule is COc1ccc(-c2nc(CN3CCCN(C(C)=O)CC3)cs2)cc1. The molecule has 0 spiro atoms. The molecule has 1 aromatic heterocycles. The summed E-state index contributed by atoms with van der Waals surface area (Å²) in [5, 5.41) is 3.17. The molecule has 0 bridgehead atoms. The molecule has 1 aliphatic rings. The fourth-order valence-electron chi connectivity index (χ4n) is 2.92.